The Balaban J connectivity index is 2.56. The van der Waals surface area contributed by atoms with Crippen molar-refractivity contribution in [2.24, 2.45) is 0 Å². The monoisotopic (exact) mass is 223 g/mol. The van der Waals surface area contributed by atoms with Crippen LogP contribution in [-0.2, 0) is 5.60 Å². The largest absolute Gasteiger partial charge is 0.497 e. The fourth-order valence-corrected chi connectivity index (χ4v) is 2.29. The lowest BCUT2D eigenvalue weighted by Crippen LogP contribution is -2.14. The summed E-state index contributed by atoms with van der Waals surface area (Å²) in [5.74, 6) is 0.813. The van der Waals surface area contributed by atoms with E-state index >= 15 is 0 Å². The summed E-state index contributed by atoms with van der Waals surface area (Å²) in [6.45, 7) is 3.48. The van der Waals surface area contributed by atoms with Crippen LogP contribution < -0.4 is 4.74 Å². The Hall–Kier alpha value is -1.13. The predicted molar refractivity (Wildman–Crippen MR) is 61.4 cm³/mol. The first kappa shape index (κ1) is 10.4. The maximum Gasteiger partial charge on any atom is 0.125 e. The molecule has 0 aliphatic carbocycles. The Morgan fingerprint density at radius 2 is 2.13 bits per heavy atom. The van der Waals surface area contributed by atoms with Crippen molar-refractivity contribution in [1.29, 1.82) is 0 Å². The van der Waals surface area contributed by atoms with Crippen molar-refractivity contribution in [3.8, 4) is 5.75 Å². The second-order valence-electron chi connectivity index (χ2n) is 3.91. The Kier molecular flexibility index (Phi) is 2.40. The van der Waals surface area contributed by atoms with Gasteiger partial charge in [0.05, 0.1) is 17.3 Å². The van der Waals surface area contributed by atoms with Crippen LogP contribution in [0.5, 0.6) is 5.75 Å². The standard InChI is InChI=1S/C11H13NO2S/c1-11(2,13)10-12-8-5-4-7(14-3)6-9(8)15-10/h4-6,13H,1-3H3. The number of aromatic nitrogens is 1. The maximum atomic E-state index is 9.83. The molecule has 15 heavy (non-hydrogen) atoms. The smallest absolute Gasteiger partial charge is 0.125 e. The number of ether oxygens (including phenoxy) is 1. The van der Waals surface area contributed by atoms with Crippen molar-refractivity contribution in [1.82, 2.24) is 4.98 Å². The summed E-state index contributed by atoms with van der Waals surface area (Å²) in [6.07, 6.45) is 0. The van der Waals surface area contributed by atoms with E-state index < -0.39 is 5.60 Å². The van der Waals surface area contributed by atoms with E-state index in [2.05, 4.69) is 4.98 Å². The Bertz CT molecular complexity index is 485. The van der Waals surface area contributed by atoms with Crippen LogP contribution in [0.3, 0.4) is 0 Å². The molecule has 1 heterocycles. The van der Waals surface area contributed by atoms with Gasteiger partial charge < -0.3 is 9.84 Å². The average molecular weight is 223 g/mol. The SMILES string of the molecule is COc1ccc2nc(C(C)(C)O)sc2c1. The summed E-state index contributed by atoms with van der Waals surface area (Å²) in [5.41, 5.74) is 0.0228. The molecule has 0 aliphatic rings. The van der Waals surface area contributed by atoms with Crippen molar-refractivity contribution in [3.05, 3.63) is 23.2 Å². The third-order valence-corrected chi connectivity index (χ3v) is 3.45. The number of fused-ring (bicyclic) bond motifs is 1. The molecule has 0 spiro atoms. The van der Waals surface area contributed by atoms with Crippen LogP contribution >= 0.6 is 11.3 Å². The molecular weight excluding hydrogens is 210 g/mol. The number of thiazole rings is 1. The van der Waals surface area contributed by atoms with Gasteiger partial charge in [0.1, 0.15) is 16.4 Å². The van der Waals surface area contributed by atoms with E-state index in [0.29, 0.717) is 0 Å². The summed E-state index contributed by atoms with van der Waals surface area (Å²) >= 11 is 1.49. The first-order valence-electron chi connectivity index (χ1n) is 4.68. The number of aliphatic hydroxyl groups is 1. The highest BCUT2D eigenvalue weighted by atomic mass is 32.1. The van der Waals surface area contributed by atoms with Gasteiger partial charge in [0.15, 0.2) is 0 Å². The van der Waals surface area contributed by atoms with Crippen LogP contribution in [0.25, 0.3) is 10.2 Å². The molecule has 0 saturated carbocycles. The van der Waals surface area contributed by atoms with Gasteiger partial charge in [-0.25, -0.2) is 4.98 Å². The summed E-state index contributed by atoms with van der Waals surface area (Å²) < 4.78 is 6.17. The second kappa shape index (κ2) is 3.47. The van der Waals surface area contributed by atoms with E-state index in [1.807, 2.05) is 18.2 Å². The number of hydrogen-bond acceptors (Lipinski definition) is 4. The molecule has 0 bridgehead atoms. The van der Waals surface area contributed by atoms with Crippen LogP contribution in [0.1, 0.15) is 18.9 Å². The van der Waals surface area contributed by atoms with Gasteiger partial charge in [0.2, 0.25) is 0 Å². The highest BCUT2D eigenvalue weighted by Gasteiger charge is 2.20. The first-order valence-corrected chi connectivity index (χ1v) is 5.50. The summed E-state index contributed by atoms with van der Waals surface area (Å²) in [6, 6.07) is 5.71. The zero-order valence-electron chi connectivity index (χ0n) is 8.94. The van der Waals surface area contributed by atoms with Gasteiger partial charge in [0.25, 0.3) is 0 Å². The molecule has 0 amide bonds. The number of methoxy groups -OCH3 is 1. The van der Waals surface area contributed by atoms with Gasteiger partial charge in [0, 0.05) is 0 Å². The van der Waals surface area contributed by atoms with Crippen LogP contribution in [0, 0.1) is 0 Å². The lowest BCUT2D eigenvalue weighted by Gasteiger charge is -2.11. The molecule has 1 aromatic carbocycles. The predicted octanol–water partition coefficient (Wildman–Crippen LogP) is 2.53. The highest BCUT2D eigenvalue weighted by Crippen LogP contribution is 2.31. The minimum atomic E-state index is -0.878. The molecule has 1 aromatic heterocycles. The van der Waals surface area contributed by atoms with Crippen molar-refractivity contribution in [2.45, 2.75) is 19.4 Å². The molecule has 2 rings (SSSR count). The van der Waals surface area contributed by atoms with Crippen LogP contribution in [0.2, 0.25) is 0 Å². The van der Waals surface area contributed by atoms with Gasteiger partial charge in [-0.1, -0.05) is 0 Å². The quantitative estimate of drug-likeness (QED) is 0.850. The molecular formula is C11H13NO2S. The molecule has 1 N–H and O–H groups in total. The van der Waals surface area contributed by atoms with Crippen LogP contribution in [-0.4, -0.2) is 17.2 Å². The molecule has 0 unspecified atom stereocenters. The van der Waals surface area contributed by atoms with E-state index in [1.54, 1.807) is 21.0 Å². The highest BCUT2D eigenvalue weighted by molar-refractivity contribution is 7.18. The van der Waals surface area contributed by atoms with E-state index in [4.69, 9.17) is 4.74 Å². The topological polar surface area (TPSA) is 42.4 Å². The summed E-state index contributed by atoms with van der Waals surface area (Å²) in [5, 5.41) is 10.6. The number of rotatable bonds is 2. The summed E-state index contributed by atoms with van der Waals surface area (Å²) in [7, 11) is 1.64. The Morgan fingerprint density at radius 3 is 2.73 bits per heavy atom. The number of hydrogen-bond donors (Lipinski definition) is 1. The van der Waals surface area contributed by atoms with Gasteiger partial charge in [-0.3, -0.25) is 0 Å². The molecule has 0 aliphatic heterocycles. The van der Waals surface area contributed by atoms with Crippen molar-refractivity contribution in [3.63, 3.8) is 0 Å². The van der Waals surface area contributed by atoms with E-state index in [-0.39, 0.29) is 0 Å². The number of benzene rings is 1. The normalized spacial score (nSPS) is 12.0. The minimum Gasteiger partial charge on any atom is -0.497 e. The molecule has 0 fully saturated rings. The van der Waals surface area contributed by atoms with Crippen molar-refractivity contribution >= 4 is 21.6 Å². The van der Waals surface area contributed by atoms with E-state index in [9.17, 15) is 5.11 Å². The zero-order chi connectivity index (χ0) is 11.1. The summed E-state index contributed by atoms with van der Waals surface area (Å²) in [4.78, 5) is 4.37. The van der Waals surface area contributed by atoms with Gasteiger partial charge >= 0.3 is 0 Å². The average Bonchev–Trinajstić information content (AvgIpc) is 2.59. The van der Waals surface area contributed by atoms with Crippen LogP contribution in [0.4, 0.5) is 0 Å². The lowest BCUT2D eigenvalue weighted by molar-refractivity contribution is 0.0785. The third-order valence-electron chi connectivity index (χ3n) is 2.12. The lowest BCUT2D eigenvalue weighted by atomic mass is 10.1. The van der Waals surface area contributed by atoms with Gasteiger partial charge in [-0.2, -0.15) is 0 Å². The fourth-order valence-electron chi connectivity index (χ4n) is 1.29. The second-order valence-corrected chi connectivity index (χ2v) is 4.94. The Morgan fingerprint density at radius 1 is 1.40 bits per heavy atom. The van der Waals surface area contributed by atoms with Crippen molar-refractivity contribution in [2.75, 3.05) is 7.11 Å². The van der Waals surface area contributed by atoms with Crippen LogP contribution in [0.15, 0.2) is 18.2 Å². The van der Waals surface area contributed by atoms with Crippen molar-refractivity contribution < 1.29 is 9.84 Å². The van der Waals surface area contributed by atoms with Gasteiger partial charge in [-0.15, -0.1) is 11.3 Å². The zero-order valence-corrected chi connectivity index (χ0v) is 9.76. The number of nitrogens with zero attached hydrogens (tertiary/aromatic N) is 1. The molecule has 4 heteroatoms. The molecule has 0 radical (unpaired) electrons. The molecule has 3 nitrogen and oxygen atoms in total. The molecule has 2 aromatic rings. The third kappa shape index (κ3) is 1.96. The molecule has 80 valence electrons. The first-order chi connectivity index (χ1) is 7.00. The maximum absolute atomic E-state index is 9.83. The van der Waals surface area contributed by atoms with Gasteiger partial charge in [-0.05, 0) is 32.0 Å². The Labute approximate surface area is 92.3 Å². The molecule has 0 saturated heterocycles. The molecule has 0 atom stereocenters. The fraction of sp³-hybridized carbons (Fsp3) is 0.364. The van der Waals surface area contributed by atoms with E-state index in [0.717, 1.165) is 21.0 Å². The minimum absolute atomic E-state index is 0.728. The van der Waals surface area contributed by atoms with E-state index in [1.165, 1.54) is 11.3 Å².